The molecule has 3 aliphatic carbocycles. The molecule has 0 bridgehead atoms. The number of nitrogens with one attached hydrogen (secondary N) is 4. The molecule has 4 aliphatic rings. The monoisotopic (exact) mass is 693 g/mol. The van der Waals surface area contributed by atoms with Gasteiger partial charge in [-0.15, -0.1) is 0 Å². The van der Waals surface area contributed by atoms with Gasteiger partial charge >= 0.3 is 0 Å². The van der Waals surface area contributed by atoms with Crippen molar-refractivity contribution in [2.24, 2.45) is 17.3 Å². The van der Waals surface area contributed by atoms with Crippen LogP contribution in [0.25, 0.3) is 0 Å². The molecule has 13 nitrogen and oxygen atoms in total. The lowest BCUT2D eigenvalue weighted by molar-refractivity contribution is -0.147. The van der Waals surface area contributed by atoms with E-state index in [1.54, 1.807) is 4.90 Å². The number of nitrogens with zero attached hydrogens (tertiary/aromatic N) is 3. The van der Waals surface area contributed by atoms with E-state index in [1.165, 1.54) is 18.6 Å². The number of Topliss-reactive ketones (excluding diaryl/α,β-unsaturated/α-hetero) is 1. The summed E-state index contributed by atoms with van der Waals surface area (Å²) < 4.78 is 0. The number of fused-ring (bicyclic) bond motifs is 1. The van der Waals surface area contributed by atoms with Crippen LogP contribution in [0.1, 0.15) is 128 Å². The zero-order valence-corrected chi connectivity index (χ0v) is 30.0. The molecule has 2 heterocycles. The first-order chi connectivity index (χ1) is 23.9. The quantitative estimate of drug-likeness (QED) is 0.228. The molecule has 4 fully saturated rings. The van der Waals surface area contributed by atoms with Crippen LogP contribution in [-0.4, -0.2) is 86.4 Å². The highest BCUT2D eigenvalue weighted by molar-refractivity contribution is 6.38. The summed E-state index contributed by atoms with van der Waals surface area (Å²) >= 11 is 0. The van der Waals surface area contributed by atoms with Crippen molar-refractivity contribution < 1.29 is 28.8 Å². The number of amides is 5. The smallest absolute Gasteiger partial charge is 0.289 e. The van der Waals surface area contributed by atoms with Gasteiger partial charge < -0.3 is 26.2 Å². The Bertz CT molecular complexity index is 1400. The Labute approximate surface area is 295 Å². The summed E-state index contributed by atoms with van der Waals surface area (Å²) in [5, 5.41) is 11.5. The lowest BCUT2D eigenvalue weighted by atomic mass is 9.81. The van der Waals surface area contributed by atoms with Gasteiger partial charge in [-0.25, -0.2) is 4.98 Å². The average molecular weight is 694 g/mol. The van der Waals surface area contributed by atoms with E-state index in [2.05, 4.69) is 31.2 Å². The van der Waals surface area contributed by atoms with Gasteiger partial charge in [0.2, 0.25) is 23.5 Å². The van der Waals surface area contributed by atoms with Crippen LogP contribution in [0, 0.1) is 17.3 Å². The first-order valence-corrected chi connectivity index (χ1v) is 18.7. The first kappa shape index (κ1) is 37.4. The standard InChI is InChI=1S/C37H55N7O6/c1-5-11-25(30(45)35(49)40-24-16-17-24)41-33(47)28-20-23-14-9-10-15-27(23)44(28)36(50)31(37(2,3)4)43-34(48)29(22-12-7-6-8-13-22)42-32(46)26-21-38-18-19-39-26/h18-19,21-25,27-29,31H,5-17,20H2,1-4H3,(H,40,49)(H,41,47)(H,42,46)(H,43,48)/t23-,25-,27-,28-,29?,31+/m0/s1. The molecular weight excluding hydrogens is 638 g/mol. The summed E-state index contributed by atoms with van der Waals surface area (Å²) in [6.45, 7) is 7.52. The molecule has 0 radical (unpaired) electrons. The highest BCUT2D eigenvalue weighted by atomic mass is 16.2. The second kappa shape index (κ2) is 16.4. The molecule has 5 rings (SSSR count). The summed E-state index contributed by atoms with van der Waals surface area (Å²) in [4.78, 5) is 91.9. The number of likely N-dealkylation sites (tertiary alicyclic amines) is 1. The highest BCUT2D eigenvalue weighted by Gasteiger charge is 2.51. The largest absolute Gasteiger partial charge is 0.347 e. The van der Waals surface area contributed by atoms with Gasteiger partial charge in [-0.1, -0.05) is 66.2 Å². The van der Waals surface area contributed by atoms with Gasteiger partial charge in [0, 0.05) is 24.5 Å². The normalized spacial score (nSPS) is 24.2. The summed E-state index contributed by atoms with van der Waals surface area (Å²) in [5.74, 6) is -3.12. The number of rotatable bonds is 13. The lowest BCUT2D eigenvalue weighted by Gasteiger charge is -2.40. The van der Waals surface area contributed by atoms with E-state index in [9.17, 15) is 28.8 Å². The fourth-order valence-corrected chi connectivity index (χ4v) is 8.01. The Morgan fingerprint density at radius 1 is 0.880 bits per heavy atom. The Hall–Kier alpha value is -3.90. The van der Waals surface area contributed by atoms with Crippen LogP contribution in [0.5, 0.6) is 0 Å². The average Bonchev–Trinajstić information content (AvgIpc) is 3.84. The van der Waals surface area contributed by atoms with Crippen LogP contribution in [0.15, 0.2) is 18.6 Å². The first-order valence-electron chi connectivity index (χ1n) is 18.7. The fraction of sp³-hybridized carbons (Fsp3) is 0.730. The zero-order valence-electron chi connectivity index (χ0n) is 30.0. The molecule has 13 heteroatoms. The Kier molecular flexibility index (Phi) is 12.3. The molecular formula is C37H55N7O6. The van der Waals surface area contributed by atoms with Crippen LogP contribution < -0.4 is 21.3 Å². The summed E-state index contributed by atoms with van der Waals surface area (Å²) in [5.41, 5.74) is -0.641. The topological polar surface area (TPSA) is 180 Å². The van der Waals surface area contributed by atoms with Gasteiger partial charge in [0.1, 0.15) is 23.8 Å². The number of aromatic nitrogens is 2. The van der Waals surface area contributed by atoms with Crippen molar-refractivity contribution in [2.45, 2.75) is 154 Å². The second-order valence-corrected chi connectivity index (χ2v) is 15.8. The molecule has 1 aliphatic heterocycles. The summed E-state index contributed by atoms with van der Waals surface area (Å²) in [6, 6.07) is -3.89. The third-order valence-electron chi connectivity index (χ3n) is 10.9. The van der Waals surface area contributed by atoms with E-state index in [1.807, 2.05) is 27.7 Å². The molecule has 50 heavy (non-hydrogen) atoms. The van der Waals surface area contributed by atoms with Crippen molar-refractivity contribution >= 4 is 35.3 Å². The number of hydrogen-bond acceptors (Lipinski definition) is 8. The van der Waals surface area contributed by atoms with E-state index >= 15 is 0 Å². The zero-order chi connectivity index (χ0) is 36.0. The van der Waals surface area contributed by atoms with Crippen LogP contribution >= 0.6 is 0 Å². The minimum atomic E-state index is -0.997. The molecule has 3 saturated carbocycles. The van der Waals surface area contributed by atoms with Gasteiger partial charge in [0.15, 0.2) is 0 Å². The van der Waals surface area contributed by atoms with Crippen LogP contribution in [0.2, 0.25) is 0 Å². The van der Waals surface area contributed by atoms with Crippen LogP contribution in [0.3, 0.4) is 0 Å². The number of ketones is 1. The van der Waals surface area contributed by atoms with Gasteiger partial charge in [-0.3, -0.25) is 33.8 Å². The maximum absolute atomic E-state index is 14.8. The summed E-state index contributed by atoms with van der Waals surface area (Å²) in [6.07, 6.45) is 15.3. The number of carbonyl (C=O) groups excluding carboxylic acids is 6. The molecule has 6 atom stereocenters. The summed E-state index contributed by atoms with van der Waals surface area (Å²) in [7, 11) is 0. The predicted molar refractivity (Wildman–Crippen MR) is 185 cm³/mol. The van der Waals surface area contributed by atoms with E-state index < -0.39 is 59.0 Å². The third-order valence-corrected chi connectivity index (χ3v) is 10.9. The molecule has 1 aromatic heterocycles. The maximum atomic E-state index is 14.8. The third kappa shape index (κ3) is 9.06. The minimum Gasteiger partial charge on any atom is -0.347 e. The van der Waals surface area contributed by atoms with Crippen molar-refractivity contribution in [3.05, 3.63) is 24.3 Å². The van der Waals surface area contributed by atoms with Gasteiger partial charge in [0.25, 0.3) is 11.8 Å². The molecule has 1 saturated heterocycles. The van der Waals surface area contributed by atoms with Crippen molar-refractivity contribution in [3.8, 4) is 0 Å². The molecule has 5 amide bonds. The number of carbonyl (C=O) groups is 6. The lowest BCUT2D eigenvalue weighted by Crippen LogP contribution is -2.63. The van der Waals surface area contributed by atoms with E-state index in [0.29, 0.717) is 19.3 Å². The van der Waals surface area contributed by atoms with Gasteiger partial charge in [-0.05, 0) is 68.6 Å². The van der Waals surface area contributed by atoms with Gasteiger partial charge in [-0.2, -0.15) is 0 Å². The minimum absolute atomic E-state index is 0.0121. The van der Waals surface area contributed by atoms with E-state index in [0.717, 1.165) is 70.6 Å². The Morgan fingerprint density at radius 3 is 2.22 bits per heavy atom. The molecule has 0 spiro atoms. The SMILES string of the molecule is CCC[C@H](NC(=O)[C@@H]1C[C@@H]2CCCC[C@@H]2N1C(=O)[C@@H](NC(=O)C(NC(=O)c1cnccn1)C1CCCCC1)C(C)(C)C)C(=O)C(=O)NC1CC1. The second-order valence-electron chi connectivity index (χ2n) is 15.8. The number of hydrogen-bond donors (Lipinski definition) is 4. The van der Waals surface area contributed by atoms with Gasteiger partial charge in [0.05, 0.1) is 12.2 Å². The Balaban J connectivity index is 1.38. The van der Waals surface area contributed by atoms with Crippen LogP contribution in [-0.2, 0) is 24.0 Å². The Morgan fingerprint density at radius 2 is 1.58 bits per heavy atom. The fourth-order valence-electron chi connectivity index (χ4n) is 8.01. The molecule has 1 aromatic rings. The van der Waals surface area contributed by atoms with Crippen molar-refractivity contribution in [1.82, 2.24) is 36.1 Å². The molecule has 4 N–H and O–H groups in total. The van der Waals surface area contributed by atoms with E-state index in [-0.39, 0.29) is 35.5 Å². The molecule has 1 unspecified atom stereocenters. The van der Waals surface area contributed by atoms with Crippen molar-refractivity contribution in [1.29, 1.82) is 0 Å². The molecule has 274 valence electrons. The highest BCUT2D eigenvalue weighted by Crippen LogP contribution is 2.41. The van der Waals surface area contributed by atoms with Crippen molar-refractivity contribution in [3.63, 3.8) is 0 Å². The predicted octanol–water partition coefficient (Wildman–Crippen LogP) is 2.98. The van der Waals surface area contributed by atoms with Crippen LogP contribution in [0.4, 0.5) is 0 Å². The molecule has 0 aromatic carbocycles. The van der Waals surface area contributed by atoms with Crippen molar-refractivity contribution in [2.75, 3.05) is 0 Å². The van der Waals surface area contributed by atoms with E-state index in [4.69, 9.17) is 0 Å². The maximum Gasteiger partial charge on any atom is 0.289 e.